The molecule has 0 saturated carbocycles. The van der Waals surface area contributed by atoms with Gasteiger partial charge in [0.15, 0.2) is 0 Å². The Bertz CT molecular complexity index is 871. The van der Waals surface area contributed by atoms with E-state index in [0.717, 1.165) is 29.5 Å². The minimum absolute atomic E-state index is 0.0502. The third-order valence-corrected chi connectivity index (χ3v) is 3.98. The summed E-state index contributed by atoms with van der Waals surface area (Å²) in [5.74, 6) is 0.663. The average Bonchev–Trinajstić information content (AvgIpc) is 2.67. The molecule has 0 radical (unpaired) electrons. The molecule has 6 heteroatoms. The van der Waals surface area contributed by atoms with Crippen molar-refractivity contribution in [3.05, 3.63) is 81.9 Å². The highest BCUT2D eigenvalue weighted by molar-refractivity contribution is 5.84. The molecule has 0 atom stereocenters. The Morgan fingerprint density at radius 3 is 2.85 bits per heavy atom. The van der Waals surface area contributed by atoms with E-state index in [2.05, 4.69) is 22.2 Å². The number of aromatic nitrogens is 1. The zero-order valence-corrected chi connectivity index (χ0v) is 15.8. The predicted octanol–water partition coefficient (Wildman–Crippen LogP) is 5.53. The number of pyridine rings is 1. The number of benzene rings is 1. The average molecular weight is 364 g/mol. The smallest absolute Gasteiger partial charge is 0.271 e. The lowest BCUT2D eigenvalue weighted by atomic mass is 10.1. The van der Waals surface area contributed by atoms with Crippen LogP contribution in [0.4, 0.5) is 11.4 Å². The summed E-state index contributed by atoms with van der Waals surface area (Å²) in [6.07, 6.45) is 11.0. The van der Waals surface area contributed by atoms with E-state index in [1.807, 2.05) is 38.1 Å². The Balaban J connectivity index is 2.21. The van der Waals surface area contributed by atoms with Crippen LogP contribution in [-0.4, -0.2) is 16.1 Å². The molecule has 140 valence electrons. The van der Waals surface area contributed by atoms with Gasteiger partial charge in [-0.3, -0.25) is 15.1 Å². The Hall–Kier alpha value is -3.28. The number of hydrogen-bond acceptors (Lipinski definition) is 5. The number of nitrogens with one attached hydrogen (secondary N) is 1. The van der Waals surface area contributed by atoms with E-state index in [0.29, 0.717) is 11.5 Å². The van der Waals surface area contributed by atoms with Gasteiger partial charge in [0.25, 0.3) is 5.69 Å². The van der Waals surface area contributed by atoms with E-state index in [-0.39, 0.29) is 5.69 Å². The van der Waals surface area contributed by atoms with Crippen molar-refractivity contribution in [2.75, 3.05) is 5.32 Å². The molecule has 0 aliphatic carbocycles. The van der Waals surface area contributed by atoms with Crippen molar-refractivity contribution in [1.82, 2.24) is 4.98 Å². The molecular weight excluding hydrogens is 340 g/mol. The lowest BCUT2D eigenvalue weighted by molar-refractivity contribution is -0.384. The van der Waals surface area contributed by atoms with Crippen molar-refractivity contribution < 1.29 is 4.92 Å². The van der Waals surface area contributed by atoms with Gasteiger partial charge in [-0.1, -0.05) is 25.5 Å². The number of nitro benzene ring substituents is 1. The van der Waals surface area contributed by atoms with Crippen molar-refractivity contribution >= 4 is 23.2 Å². The van der Waals surface area contributed by atoms with E-state index in [4.69, 9.17) is 0 Å². The van der Waals surface area contributed by atoms with Crippen LogP contribution in [-0.2, 0) is 0 Å². The van der Waals surface area contributed by atoms with Gasteiger partial charge in [0.2, 0.25) is 0 Å². The molecule has 0 spiro atoms. The summed E-state index contributed by atoms with van der Waals surface area (Å²) in [5, 5.41) is 14.2. The maximum atomic E-state index is 11.0. The first kappa shape index (κ1) is 20.0. The predicted molar refractivity (Wildman–Crippen MR) is 111 cm³/mol. The van der Waals surface area contributed by atoms with Crippen LogP contribution in [0.5, 0.6) is 0 Å². The molecule has 27 heavy (non-hydrogen) atoms. The molecule has 2 aromatic rings. The number of non-ortho nitro benzene ring substituents is 1. The lowest BCUT2D eigenvalue weighted by Gasteiger charge is -2.10. The third kappa shape index (κ3) is 6.18. The number of nitro groups is 1. The summed E-state index contributed by atoms with van der Waals surface area (Å²) >= 11 is 0. The highest BCUT2D eigenvalue weighted by Gasteiger charge is 2.09. The fourth-order valence-electron chi connectivity index (χ4n) is 2.33. The molecule has 2 rings (SSSR count). The van der Waals surface area contributed by atoms with Crippen LogP contribution < -0.4 is 5.32 Å². The van der Waals surface area contributed by atoms with Crippen molar-refractivity contribution in [3.8, 4) is 0 Å². The van der Waals surface area contributed by atoms with E-state index < -0.39 is 4.92 Å². The van der Waals surface area contributed by atoms with Gasteiger partial charge in [-0.05, 0) is 55.2 Å². The first-order valence-electron chi connectivity index (χ1n) is 8.85. The maximum absolute atomic E-state index is 11.0. The molecule has 0 fully saturated rings. The molecule has 1 aromatic heterocycles. The summed E-state index contributed by atoms with van der Waals surface area (Å²) in [4.78, 5) is 19.2. The van der Waals surface area contributed by atoms with E-state index in [1.165, 1.54) is 12.1 Å². The molecule has 0 saturated heterocycles. The van der Waals surface area contributed by atoms with Gasteiger partial charge in [-0.25, -0.2) is 4.99 Å². The Labute approximate surface area is 159 Å². The summed E-state index contributed by atoms with van der Waals surface area (Å²) < 4.78 is 0. The van der Waals surface area contributed by atoms with Crippen molar-refractivity contribution in [1.29, 1.82) is 0 Å². The number of aryl methyl sites for hydroxylation is 1. The van der Waals surface area contributed by atoms with Crippen LogP contribution in [0.1, 0.15) is 37.8 Å². The highest BCUT2D eigenvalue weighted by atomic mass is 16.6. The van der Waals surface area contributed by atoms with E-state index in [9.17, 15) is 10.1 Å². The van der Waals surface area contributed by atoms with Crippen LogP contribution in [0, 0.1) is 17.0 Å². The minimum atomic E-state index is -0.399. The number of nitrogens with zero attached hydrogens (tertiary/aromatic N) is 3. The normalized spacial score (nSPS) is 12.4. The Morgan fingerprint density at radius 2 is 2.19 bits per heavy atom. The van der Waals surface area contributed by atoms with Gasteiger partial charge < -0.3 is 5.32 Å². The first-order chi connectivity index (χ1) is 13.0. The zero-order chi connectivity index (χ0) is 19.6. The monoisotopic (exact) mass is 364 g/mol. The van der Waals surface area contributed by atoms with Gasteiger partial charge in [0.05, 0.1) is 4.92 Å². The Kier molecular flexibility index (Phi) is 7.43. The van der Waals surface area contributed by atoms with Gasteiger partial charge in [-0.2, -0.15) is 0 Å². The third-order valence-electron chi connectivity index (χ3n) is 3.98. The number of rotatable bonds is 8. The number of aliphatic imine (C=N–C) groups is 1. The number of anilines is 1. The van der Waals surface area contributed by atoms with Crippen LogP contribution in [0.3, 0.4) is 0 Å². The minimum Gasteiger partial charge on any atom is -0.340 e. The molecule has 0 amide bonds. The van der Waals surface area contributed by atoms with E-state index >= 15 is 0 Å². The molecule has 0 aliphatic heterocycles. The highest BCUT2D eigenvalue weighted by Crippen LogP contribution is 2.23. The summed E-state index contributed by atoms with van der Waals surface area (Å²) in [5.41, 5.74) is 3.73. The van der Waals surface area contributed by atoms with Crippen LogP contribution >= 0.6 is 0 Å². The molecule has 1 N–H and O–H groups in total. The maximum Gasteiger partial charge on any atom is 0.271 e. The zero-order valence-electron chi connectivity index (χ0n) is 15.8. The lowest BCUT2D eigenvalue weighted by Crippen LogP contribution is -2.01. The van der Waals surface area contributed by atoms with E-state index in [1.54, 1.807) is 24.7 Å². The second kappa shape index (κ2) is 10.0. The van der Waals surface area contributed by atoms with Gasteiger partial charge in [0, 0.05) is 36.4 Å². The van der Waals surface area contributed by atoms with Crippen LogP contribution in [0.15, 0.2) is 65.7 Å². The summed E-state index contributed by atoms with van der Waals surface area (Å²) in [6.45, 7) is 5.99. The molecule has 0 aliphatic rings. The second-order valence-corrected chi connectivity index (χ2v) is 6.13. The molecule has 0 unspecified atom stereocenters. The molecule has 1 heterocycles. The topological polar surface area (TPSA) is 80.4 Å². The number of unbranched alkanes of at least 4 members (excludes halogenated alkanes) is 1. The van der Waals surface area contributed by atoms with Crippen molar-refractivity contribution in [2.24, 2.45) is 4.99 Å². The van der Waals surface area contributed by atoms with Gasteiger partial charge >= 0.3 is 0 Å². The Morgan fingerprint density at radius 1 is 1.37 bits per heavy atom. The number of hydrogen-bond donors (Lipinski definition) is 1. The molecule has 0 bridgehead atoms. The first-order valence-corrected chi connectivity index (χ1v) is 8.85. The standard InChI is InChI=1S/C21H24N4O2/c1-4-5-8-21(23-13-11-16(2)18-7-6-12-22-15-18)24-20-14-19(25(26)27)10-9-17(20)3/h6-15,24H,4-5H2,1-3H3/b16-11+,21-8-,23-13-. The summed E-state index contributed by atoms with van der Waals surface area (Å²) in [6, 6.07) is 8.64. The largest absolute Gasteiger partial charge is 0.340 e. The van der Waals surface area contributed by atoms with Crippen molar-refractivity contribution in [3.63, 3.8) is 0 Å². The SMILES string of the molecule is CCC/C=C(/N=C\C=C(/C)c1cccnc1)Nc1cc([N+](=O)[O-])ccc1C. The van der Waals surface area contributed by atoms with Crippen LogP contribution in [0.25, 0.3) is 5.57 Å². The molecule has 1 aromatic carbocycles. The quantitative estimate of drug-likeness (QED) is 0.379. The second-order valence-electron chi connectivity index (χ2n) is 6.13. The van der Waals surface area contributed by atoms with Crippen molar-refractivity contribution in [2.45, 2.75) is 33.6 Å². The van der Waals surface area contributed by atoms with Gasteiger partial charge in [0.1, 0.15) is 5.82 Å². The number of allylic oxidation sites excluding steroid dienone is 3. The molecule has 6 nitrogen and oxygen atoms in total. The fourth-order valence-corrected chi connectivity index (χ4v) is 2.33. The van der Waals surface area contributed by atoms with Crippen LogP contribution in [0.2, 0.25) is 0 Å². The molecular formula is C21H24N4O2. The fraction of sp³-hybridized carbons (Fsp3) is 0.238. The summed E-state index contributed by atoms with van der Waals surface area (Å²) in [7, 11) is 0. The van der Waals surface area contributed by atoms with Gasteiger partial charge in [-0.15, -0.1) is 0 Å².